The van der Waals surface area contributed by atoms with Crippen molar-refractivity contribution in [1.82, 2.24) is 20.0 Å². The van der Waals surface area contributed by atoms with Gasteiger partial charge in [-0.05, 0) is 29.7 Å². The van der Waals surface area contributed by atoms with Crippen molar-refractivity contribution < 1.29 is 9.53 Å². The minimum atomic E-state index is -0.470. The summed E-state index contributed by atoms with van der Waals surface area (Å²) in [6, 6.07) is 7.56. The van der Waals surface area contributed by atoms with Gasteiger partial charge in [0, 0.05) is 37.9 Å². The minimum Gasteiger partial charge on any atom is -0.497 e. The van der Waals surface area contributed by atoms with Crippen LogP contribution in [-0.2, 0) is 6.54 Å². The van der Waals surface area contributed by atoms with Gasteiger partial charge in [0.25, 0.3) is 0 Å². The summed E-state index contributed by atoms with van der Waals surface area (Å²) in [5.41, 5.74) is 8.77. The summed E-state index contributed by atoms with van der Waals surface area (Å²) < 4.78 is 7.15. The van der Waals surface area contributed by atoms with Gasteiger partial charge in [0.15, 0.2) is 0 Å². The summed E-state index contributed by atoms with van der Waals surface area (Å²) >= 11 is 0. The van der Waals surface area contributed by atoms with Crippen LogP contribution in [-0.4, -0.2) is 54.0 Å². The molecule has 2 heterocycles. The zero-order valence-electron chi connectivity index (χ0n) is 15.0. The van der Waals surface area contributed by atoms with Crippen molar-refractivity contribution >= 4 is 11.6 Å². The first-order valence-electron chi connectivity index (χ1n) is 8.74. The highest BCUT2D eigenvalue weighted by molar-refractivity contribution is 5.71. The molecular weight excluding hydrogens is 330 g/mol. The van der Waals surface area contributed by atoms with Crippen molar-refractivity contribution in [3.8, 4) is 5.75 Å². The number of amides is 2. The molecule has 0 bridgehead atoms. The maximum absolute atomic E-state index is 10.7. The number of carbonyl (C=O) groups excluding carboxylic acids is 1. The molecule has 0 fully saturated rings. The minimum absolute atomic E-state index is 0.470. The van der Waals surface area contributed by atoms with E-state index in [4.69, 9.17) is 10.5 Å². The standard InChI is InChI=1S/C19H25N5O2/c1-26-18-4-2-15(3-5-18)13-24-14-17(12-22-24)16-6-9-23(10-7-16)11-8-21-19(20)25/h2-6,12,14H,7-11,13H2,1H3,(H3,20,21,25). The average Bonchev–Trinajstić information content (AvgIpc) is 3.11. The molecule has 7 nitrogen and oxygen atoms in total. The number of urea groups is 1. The number of primary amides is 1. The Bertz CT molecular complexity index is 766. The summed E-state index contributed by atoms with van der Waals surface area (Å²) in [6.45, 7) is 3.97. The molecule has 26 heavy (non-hydrogen) atoms. The third kappa shape index (κ3) is 4.86. The fraction of sp³-hybridized carbons (Fsp3) is 0.368. The topological polar surface area (TPSA) is 85.4 Å². The molecule has 1 aliphatic rings. The second kappa shape index (κ2) is 8.53. The quantitative estimate of drug-likeness (QED) is 0.792. The zero-order chi connectivity index (χ0) is 18.4. The van der Waals surface area contributed by atoms with Crippen LogP contribution < -0.4 is 15.8 Å². The molecule has 0 radical (unpaired) electrons. The smallest absolute Gasteiger partial charge is 0.312 e. The van der Waals surface area contributed by atoms with Gasteiger partial charge in [-0.3, -0.25) is 9.58 Å². The number of rotatable bonds is 7. The lowest BCUT2D eigenvalue weighted by Gasteiger charge is -2.25. The molecule has 0 aliphatic carbocycles. The van der Waals surface area contributed by atoms with Gasteiger partial charge in [-0.15, -0.1) is 0 Å². The summed E-state index contributed by atoms with van der Waals surface area (Å²) in [5, 5.41) is 7.11. The maximum atomic E-state index is 10.7. The molecule has 3 rings (SSSR count). The first-order valence-corrected chi connectivity index (χ1v) is 8.74. The molecule has 1 aromatic carbocycles. The molecule has 2 aromatic rings. The molecule has 0 unspecified atom stereocenters. The van der Waals surface area contributed by atoms with Gasteiger partial charge < -0.3 is 15.8 Å². The Morgan fingerprint density at radius 2 is 2.15 bits per heavy atom. The van der Waals surface area contributed by atoms with Crippen molar-refractivity contribution in [2.75, 3.05) is 33.3 Å². The van der Waals surface area contributed by atoms with Gasteiger partial charge in [-0.2, -0.15) is 5.10 Å². The number of hydrogen-bond donors (Lipinski definition) is 2. The van der Waals surface area contributed by atoms with E-state index in [-0.39, 0.29) is 0 Å². The molecule has 0 atom stereocenters. The monoisotopic (exact) mass is 355 g/mol. The van der Waals surface area contributed by atoms with Gasteiger partial charge in [0.2, 0.25) is 0 Å². The average molecular weight is 355 g/mol. The lowest BCUT2D eigenvalue weighted by Crippen LogP contribution is -2.38. The van der Waals surface area contributed by atoms with E-state index in [1.807, 2.05) is 23.0 Å². The zero-order valence-corrected chi connectivity index (χ0v) is 15.0. The number of carbonyl (C=O) groups is 1. The molecular formula is C19H25N5O2. The van der Waals surface area contributed by atoms with Crippen LogP contribution in [0.25, 0.3) is 5.57 Å². The Labute approximate surface area is 153 Å². The van der Waals surface area contributed by atoms with Crippen LogP contribution in [0, 0.1) is 0 Å². The van der Waals surface area contributed by atoms with E-state index in [9.17, 15) is 4.79 Å². The number of ether oxygens (including phenoxy) is 1. The van der Waals surface area contributed by atoms with E-state index in [0.717, 1.165) is 38.3 Å². The van der Waals surface area contributed by atoms with E-state index in [0.29, 0.717) is 6.54 Å². The Balaban J connectivity index is 1.54. The Hall–Kier alpha value is -2.80. The number of nitrogens with one attached hydrogen (secondary N) is 1. The summed E-state index contributed by atoms with van der Waals surface area (Å²) in [6.07, 6.45) is 7.24. The second-order valence-electron chi connectivity index (χ2n) is 6.35. The second-order valence-corrected chi connectivity index (χ2v) is 6.35. The highest BCUT2D eigenvalue weighted by atomic mass is 16.5. The van der Waals surface area contributed by atoms with Crippen molar-refractivity contribution in [3.63, 3.8) is 0 Å². The van der Waals surface area contributed by atoms with Gasteiger partial charge in [0.05, 0.1) is 19.9 Å². The van der Waals surface area contributed by atoms with Crippen molar-refractivity contribution in [3.05, 3.63) is 53.9 Å². The van der Waals surface area contributed by atoms with Gasteiger partial charge >= 0.3 is 6.03 Å². The number of aromatic nitrogens is 2. The highest BCUT2D eigenvalue weighted by Gasteiger charge is 2.14. The molecule has 1 aromatic heterocycles. The molecule has 0 saturated carbocycles. The van der Waals surface area contributed by atoms with Crippen LogP contribution in [0.2, 0.25) is 0 Å². The Morgan fingerprint density at radius 3 is 2.81 bits per heavy atom. The summed E-state index contributed by atoms with van der Waals surface area (Å²) in [7, 11) is 1.67. The predicted molar refractivity (Wildman–Crippen MR) is 101 cm³/mol. The van der Waals surface area contributed by atoms with E-state index in [2.05, 4.69) is 39.7 Å². The van der Waals surface area contributed by atoms with Crippen LogP contribution in [0.1, 0.15) is 17.5 Å². The Morgan fingerprint density at radius 1 is 1.35 bits per heavy atom. The maximum Gasteiger partial charge on any atom is 0.312 e. The van der Waals surface area contributed by atoms with Crippen LogP contribution in [0.5, 0.6) is 5.75 Å². The molecule has 138 valence electrons. The first kappa shape index (κ1) is 18.0. The van der Waals surface area contributed by atoms with Crippen molar-refractivity contribution in [2.24, 2.45) is 5.73 Å². The summed E-state index contributed by atoms with van der Waals surface area (Å²) in [5.74, 6) is 0.859. The van der Waals surface area contributed by atoms with E-state index >= 15 is 0 Å². The number of benzene rings is 1. The van der Waals surface area contributed by atoms with Gasteiger partial charge in [0.1, 0.15) is 5.75 Å². The van der Waals surface area contributed by atoms with Crippen molar-refractivity contribution in [2.45, 2.75) is 13.0 Å². The third-order valence-corrected chi connectivity index (χ3v) is 4.53. The largest absolute Gasteiger partial charge is 0.497 e. The molecule has 1 aliphatic heterocycles. The first-order chi connectivity index (χ1) is 12.6. The predicted octanol–water partition coefficient (Wildman–Crippen LogP) is 1.70. The lowest BCUT2D eigenvalue weighted by molar-refractivity contribution is 0.244. The van der Waals surface area contributed by atoms with E-state index < -0.39 is 6.03 Å². The molecule has 0 spiro atoms. The molecule has 2 amide bonds. The van der Waals surface area contributed by atoms with Gasteiger partial charge in [-0.25, -0.2) is 4.79 Å². The number of methoxy groups -OCH3 is 1. The van der Waals surface area contributed by atoms with Crippen LogP contribution in [0.15, 0.2) is 42.7 Å². The number of nitrogens with zero attached hydrogens (tertiary/aromatic N) is 3. The SMILES string of the molecule is COc1ccc(Cn2cc(C3=CCN(CCNC(N)=O)CC3)cn2)cc1. The van der Waals surface area contributed by atoms with Crippen LogP contribution >= 0.6 is 0 Å². The van der Waals surface area contributed by atoms with E-state index in [1.165, 1.54) is 16.7 Å². The molecule has 0 saturated heterocycles. The fourth-order valence-electron chi connectivity index (χ4n) is 3.05. The lowest BCUT2D eigenvalue weighted by atomic mass is 10.0. The fourth-order valence-corrected chi connectivity index (χ4v) is 3.05. The van der Waals surface area contributed by atoms with Crippen molar-refractivity contribution in [1.29, 1.82) is 0 Å². The van der Waals surface area contributed by atoms with Crippen LogP contribution in [0.3, 0.4) is 0 Å². The van der Waals surface area contributed by atoms with Gasteiger partial charge in [-0.1, -0.05) is 18.2 Å². The normalized spacial score (nSPS) is 14.7. The number of hydrogen-bond acceptors (Lipinski definition) is 4. The highest BCUT2D eigenvalue weighted by Crippen LogP contribution is 2.22. The summed E-state index contributed by atoms with van der Waals surface area (Å²) in [4.78, 5) is 13.0. The van der Waals surface area contributed by atoms with Crippen LogP contribution in [0.4, 0.5) is 4.79 Å². The Kier molecular flexibility index (Phi) is 5.91. The third-order valence-electron chi connectivity index (χ3n) is 4.53. The number of nitrogens with two attached hydrogens (primary N) is 1. The molecule has 3 N–H and O–H groups in total. The van der Waals surface area contributed by atoms with E-state index in [1.54, 1.807) is 7.11 Å². The molecule has 7 heteroatoms.